The number of hydrogen-bond acceptors (Lipinski definition) is 4. The topological polar surface area (TPSA) is 49.2 Å². The lowest BCUT2D eigenvalue weighted by Crippen LogP contribution is -2.15. The van der Waals surface area contributed by atoms with Crippen LogP contribution in [0, 0.1) is 0 Å². The minimum absolute atomic E-state index is 0.557. The van der Waals surface area contributed by atoms with Crippen LogP contribution in [0.15, 0.2) is 60.8 Å². The van der Waals surface area contributed by atoms with E-state index >= 15 is 0 Å². The van der Waals surface area contributed by atoms with Gasteiger partial charge in [0.1, 0.15) is 18.9 Å². The van der Waals surface area contributed by atoms with Crippen LogP contribution in [-0.4, -0.2) is 27.7 Å². The highest BCUT2D eigenvalue weighted by molar-refractivity contribution is 6.30. The largest absolute Gasteiger partial charge is 0.486 e. The summed E-state index contributed by atoms with van der Waals surface area (Å²) in [5.41, 5.74) is 2.92. The van der Waals surface area contributed by atoms with Gasteiger partial charge in [0.05, 0.1) is 0 Å². The highest BCUT2D eigenvalue weighted by atomic mass is 35.5. The van der Waals surface area contributed by atoms with Crippen molar-refractivity contribution in [3.8, 4) is 34.4 Å². The van der Waals surface area contributed by atoms with Crippen molar-refractivity contribution in [2.45, 2.75) is 6.54 Å². The maximum atomic E-state index is 5.98. The van der Waals surface area contributed by atoms with Crippen molar-refractivity contribution in [2.24, 2.45) is 0 Å². The van der Waals surface area contributed by atoms with Crippen LogP contribution >= 0.6 is 11.6 Å². The third-order valence-electron chi connectivity index (χ3n) is 4.53. The number of rotatable bonds is 3. The van der Waals surface area contributed by atoms with Gasteiger partial charge in [-0.3, -0.25) is 0 Å². The first-order valence-electron chi connectivity index (χ1n) is 8.74. The van der Waals surface area contributed by atoms with Crippen molar-refractivity contribution in [1.82, 2.24) is 14.5 Å². The Labute approximate surface area is 161 Å². The molecule has 6 heteroatoms. The Morgan fingerprint density at radius 1 is 0.926 bits per heavy atom. The molecule has 0 amide bonds. The van der Waals surface area contributed by atoms with Gasteiger partial charge >= 0.3 is 0 Å². The van der Waals surface area contributed by atoms with Crippen LogP contribution in [0.5, 0.6) is 11.5 Å². The lowest BCUT2D eigenvalue weighted by Gasteiger charge is -2.18. The van der Waals surface area contributed by atoms with Gasteiger partial charge in [-0.15, -0.1) is 0 Å². The molecule has 5 nitrogen and oxygen atoms in total. The monoisotopic (exact) mass is 377 g/mol. The summed E-state index contributed by atoms with van der Waals surface area (Å²) in [5.74, 6) is 3.02. The summed E-state index contributed by atoms with van der Waals surface area (Å²) in [5, 5.41) is 0.732. The van der Waals surface area contributed by atoms with Gasteiger partial charge in [-0.2, -0.15) is 0 Å². The quantitative estimate of drug-likeness (QED) is 0.526. The van der Waals surface area contributed by atoms with Gasteiger partial charge in [0.25, 0.3) is 0 Å². The first kappa shape index (κ1) is 16.1. The molecule has 2 aromatic carbocycles. The minimum Gasteiger partial charge on any atom is -0.486 e. The zero-order valence-electron chi connectivity index (χ0n) is 14.4. The van der Waals surface area contributed by atoms with E-state index in [1.54, 1.807) is 0 Å². The Kier molecular flexibility index (Phi) is 3.94. The summed E-state index contributed by atoms with van der Waals surface area (Å²) < 4.78 is 13.4. The van der Waals surface area contributed by atoms with Crippen molar-refractivity contribution in [3.05, 3.63) is 71.4 Å². The Morgan fingerprint density at radius 3 is 2.59 bits per heavy atom. The summed E-state index contributed by atoms with van der Waals surface area (Å²) >= 11 is 5.98. The lowest BCUT2D eigenvalue weighted by atomic mass is 10.2. The first-order valence-corrected chi connectivity index (χ1v) is 9.11. The number of imidazole rings is 1. The van der Waals surface area contributed by atoms with E-state index in [1.807, 2.05) is 60.8 Å². The number of nitrogens with zero attached hydrogens (tertiary/aromatic N) is 3. The van der Waals surface area contributed by atoms with E-state index in [0.29, 0.717) is 25.6 Å². The molecule has 3 aliphatic heterocycles. The van der Waals surface area contributed by atoms with Crippen molar-refractivity contribution in [3.63, 3.8) is 0 Å². The second-order valence-electron chi connectivity index (χ2n) is 6.38. The number of pyridine rings is 1. The molecule has 0 saturated carbocycles. The smallest absolute Gasteiger partial charge is 0.162 e. The van der Waals surface area contributed by atoms with E-state index in [2.05, 4.69) is 4.57 Å². The first-order chi connectivity index (χ1) is 13.3. The highest BCUT2D eigenvalue weighted by Crippen LogP contribution is 2.35. The molecule has 0 bridgehead atoms. The zero-order valence-corrected chi connectivity index (χ0v) is 15.2. The molecule has 0 saturated heterocycles. The summed E-state index contributed by atoms with van der Waals surface area (Å²) in [6.07, 6.45) is 2.01. The molecule has 27 heavy (non-hydrogen) atoms. The minimum atomic E-state index is 0.557. The molecule has 0 atom stereocenters. The number of ether oxygens (including phenoxy) is 2. The summed E-state index contributed by atoms with van der Waals surface area (Å²) in [6.45, 7) is 1.84. The molecule has 0 fully saturated rings. The molecule has 0 radical (unpaired) electrons. The fourth-order valence-electron chi connectivity index (χ4n) is 3.20. The standard InChI is InChI=1S/C21H16ClN3O2/c22-16-6-3-14(4-7-16)13-25-9-1-2-17-21(25)24-20(23-17)15-5-8-18-19(12-15)27-11-10-26-18/h1-9,12H,10-11,13H2. The van der Waals surface area contributed by atoms with Gasteiger partial charge in [0.2, 0.25) is 0 Å². The number of fused-ring (bicyclic) bond motifs is 2. The second kappa shape index (κ2) is 6.59. The van der Waals surface area contributed by atoms with Gasteiger partial charge in [0, 0.05) is 23.3 Å². The van der Waals surface area contributed by atoms with Crippen LogP contribution in [0.1, 0.15) is 5.56 Å². The van der Waals surface area contributed by atoms with Crippen molar-refractivity contribution < 1.29 is 9.47 Å². The van der Waals surface area contributed by atoms with Crippen LogP contribution in [0.3, 0.4) is 0 Å². The van der Waals surface area contributed by atoms with E-state index in [1.165, 1.54) is 0 Å². The van der Waals surface area contributed by atoms with Gasteiger partial charge in [-0.25, -0.2) is 9.97 Å². The number of halogens is 1. The molecule has 0 unspecified atom stereocenters. The fourth-order valence-corrected chi connectivity index (χ4v) is 3.33. The van der Waals surface area contributed by atoms with Crippen LogP contribution < -0.4 is 9.47 Å². The normalized spacial score (nSPS) is 13.1. The maximum absolute atomic E-state index is 5.98. The lowest BCUT2D eigenvalue weighted by molar-refractivity contribution is 0.171. The molecule has 3 aliphatic rings. The van der Waals surface area contributed by atoms with E-state index in [-0.39, 0.29) is 0 Å². The Bertz CT molecular complexity index is 1080. The highest BCUT2D eigenvalue weighted by Gasteiger charge is 2.18. The third kappa shape index (κ3) is 3.11. The predicted octanol–water partition coefficient (Wildman–Crippen LogP) is 4.52. The molecule has 0 aliphatic carbocycles. The van der Waals surface area contributed by atoms with E-state index in [0.717, 1.165) is 39.2 Å². The van der Waals surface area contributed by atoms with Gasteiger partial charge in [0.15, 0.2) is 23.1 Å². The van der Waals surface area contributed by atoms with Gasteiger partial charge in [-0.05, 0) is 48.0 Å². The number of aromatic nitrogens is 3. The van der Waals surface area contributed by atoms with Crippen LogP contribution in [-0.2, 0) is 6.54 Å². The average molecular weight is 378 g/mol. The molecule has 0 aromatic heterocycles. The molecule has 0 spiro atoms. The fraction of sp³-hybridized carbons (Fsp3) is 0.143. The molecular formula is C21H16ClN3O2. The van der Waals surface area contributed by atoms with Crippen molar-refractivity contribution in [1.29, 1.82) is 0 Å². The number of hydrogen-bond donors (Lipinski definition) is 0. The molecule has 134 valence electrons. The Balaban J connectivity index is 1.52. The van der Waals surface area contributed by atoms with E-state index < -0.39 is 0 Å². The van der Waals surface area contributed by atoms with Crippen LogP contribution in [0.25, 0.3) is 22.9 Å². The van der Waals surface area contributed by atoms with Crippen LogP contribution in [0.2, 0.25) is 5.02 Å². The number of benzene rings is 2. The third-order valence-corrected chi connectivity index (χ3v) is 4.78. The molecule has 0 N–H and O–H groups in total. The van der Waals surface area contributed by atoms with Crippen molar-refractivity contribution in [2.75, 3.05) is 13.2 Å². The zero-order chi connectivity index (χ0) is 18.2. The Hall–Kier alpha value is -3.05. The van der Waals surface area contributed by atoms with E-state index in [4.69, 9.17) is 31.0 Å². The molecule has 2 aromatic rings. The molecular weight excluding hydrogens is 362 g/mol. The summed E-state index contributed by atoms with van der Waals surface area (Å²) in [4.78, 5) is 9.47. The van der Waals surface area contributed by atoms with Gasteiger partial charge < -0.3 is 14.0 Å². The molecule has 5 rings (SSSR count). The summed E-state index contributed by atoms with van der Waals surface area (Å²) in [6, 6.07) is 17.6. The average Bonchev–Trinajstić information content (AvgIpc) is 3.15. The maximum Gasteiger partial charge on any atom is 0.162 e. The second-order valence-corrected chi connectivity index (χ2v) is 6.81. The van der Waals surface area contributed by atoms with Crippen molar-refractivity contribution >= 4 is 11.6 Å². The van der Waals surface area contributed by atoms with Gasteiger partial charge in [-0.1, -0.05) is 23.7 Å². The molecule has 3 heterocycles. The van der Waals surface area contributed by atoms with Crippen LogP contribution in [0.4, 0.5) is 0 Å². The predicted molar refractivity (Wildman–Crippen MR) is 104 cm³/mol. The summed E-state index contributed by atoms with van der Waals surface area (Å²) in [7, 11) is 0. The Morgan fingerprint density at radius 2 is 1.74 bits per heavy atom. The van der Waals surface area contributed by atoms with E-state index in [9.17, 15) is 0 Å². The SMILES string of the molecule is Clc1ccc(Cn2cccc3nc(-c4ccc5c(c4)OCCO5)nc2-3)cc1.